The Hall–Kier alpha value is -3.96. The summed E-state index contributed by atoms with van der Waals surface area (Å²) in [5.41, 5.74) is 2.61. The van der Waals surface area contributed by atoms with Crippen LogP contribution in [0.25, 0.3) is 11.4 Å². The maximum absolute atomic E-state index is 14.9. The normalized spacial score (nSPS) is 21.7. The summed E-state index contributed by atoms with van der Waals surface area (Å²) >= 11 is 0. The van der Waals surface area contributed by atoms with Gasteiger partial charge in [-0.05, 0) is 49.4 Å². The highest BCUT2D eigenvalue weighted by Gasteiger charge is 2.46. The Balaban J connectivity index is 1.08. The van der Waals surface area contributed by atoms with E-state index in [0.29, 0.717) is 29.9 Å². The Kier molecular flexibility index (Phi) is 8.86. The number of rotatable bonds is 9. The molecule has 44 heavy (non-hydrogen) atoms. The van der Waals surface area contributed by atoms with E-state index in [4.69, 9.17) is 9.47 Å². The van der Waals surface area contributed by atoms with Crippen molar-refractivity contribution in [1.82, 2.24) is 24.8 Å². The fraction of sp³-hybridized carbons (Fsp3) is 0.484. The fourth-order valence-corrected chi connectivity index (χ4v) is 5.84. The first kappa shape index (κ1) is 30.1. The Morgan fingerprint density at radius 3 is 2.55 bits per heavy atom. The molecule has 0 radical (unpaired) electrons. The number of aromatic nitrogens is 3. The van der Waals surface area contributed by atoms with E-state index in [1.54, 1.807) is 13.0 Å². The first-order chi connectivity index (χ1) is 21.3. The number of anilines is 3. The van der Waals surface area contributed by atoms with Crippen LogP contribution in [0.3, 0.4) is 0 Å². The molecule has 2 N–H and O–H groups in total. The number of β-amino-alcohol motifs (C(OH)–C–C–N with tert-alkyl or cyclic N) is 1. The largest absolute Gasteiger partial charge is 0.483 e. The molecule has 0 unspecified atom stereocenters. The van der Waals surface area contributed by atoms with Crippen LogP contribution in [0.1, 0.15) is 18.9 Å². The lowest BCUT2D eigenvalue weighted by Gasteiger charge is -2.43. The van der Waals surface area contributed by atoms with Crippen molar-refractivity contribution in [3.8, 4) is 23.2 Å². The molecule has 2 aromatic carbocycles. The molecule has 3 fully saturated rings. The van der Waals surface area contributed by atoms with Crippen molar-refractivity contribution in [2.75, 3.05) is 69.2 Å². The number of ether oxygens (including phenoxy) is 2. The lowest BCUT2D eigenvalue weighted by Crippen LogP contribution is -2.56. The van der Waals surface area contributed by atoms with Gasteiger partial charge < -0.3 is 24.8 Å². The minimum atomic E-state index is -3.13. The Morgan fingerprint density at radius 1 is 1.11 bits per heavy atom. The third-order valence-electron chi connectivity index (χ3n) is 8.27. The monoisotopic (exact) mass is 606 g/mol. The molecule has 232 valence electrons. The fourth-order valence-electron chi connectivity index (χ4n) is 5.84. The van der Waals surface area contributed by atoms with Crippen molar-refractivity contribution >= 4 is 17.3 Å². The SMILES string of the molecule is C[C@@H](O)CN1CC[C@H](Oc2ccc(-c3ncnc(Nc4ccc(N5CCN(C6COC6)CC5)cc4)n3)cc2C#N)C(F)(F)C1. The second-order valence-electron chi connectivity index (χ2n) is 11.6. The van der Waals surface area contributed by atoms with Gasteiger partial charge in [-0.25, -0.2) is 18.7 Å². The summed E-state index contributed by atoms with van der Waals surface area (Å²) in [4.78, 5) is 19.4. The minimum absolute atomic E-state index is 0.0721. The Labute approximate surface area is 255 Å². The van der Waals surface area contributed by atoms with Crippen LogP contribution >= 0.6 is 0 Å². The Morgan fingerprint density at radius 2 is 1.89 bits per heavy atom. The van der Waals surface area contributed by atoms with Crippen LogP contribution in [-0.4, -0.2) is 113 Å². The third-order valence-corrected chi connectivity index (χ3v) is 8.27. The van der Waals surface area contributed by atoms with Gasteiger partial charge in [0.25, 0.3) is 5.92 Å². The predicted octanol–water partition coefficient (Wildman–Crippen LogP) is 3.14. The summed E-state index contributed by atoms with van der Waals surface area (Å²) < 4.78 is 40.7. The number of aliphatic hydroxyl groups excluding tert-OH is 1. The van der Waals surface area contributed by atoms with Gasteiger partial charge in [-0.1, -0.05) is 0 Å². The van der Waals surface area contributed by atoms with Crippen LogP contribution < -0.4 is 15.0 Å². The highest BCUT2D eigenvalue weighted by molar-refractivity contribution is 5.64. The average Bonchev–Trinajstić information content (AvgIpc) is 2.98. The van der Waals surface area contributed by atoms with Gasteiger partial charge in [-0.3, -0.25) is 9.80 Å². The van der Waals surface area contributed by atoms with E-state index in [-0.39, 0.29) is 24.3 Å². The number of benzene rings is 2. The molecule has 3 aliphatic rings. The number of piperazine rings is 1. The van der Waals surface area contributed by atoms with Crippen molar-refractivity contribution in [3.63, 3.8) is 0 Å². The number of alkyl halides is 2. The van der Waals surface area contributed by atoms with E-state index < -0.39 is 24.7 Å². The van der Waals surface area contributed by atoms with Crippen LogP contribution in [0.2, 0.25) is 0 Å². The van der Waals surface area contributed by atoms with E-state index in [1.165, 1.54) is 23.4 Å². The molecule has 13 heteroatoms. The van der Waals surface area contributed by atoms with Crippen LogP contribution in [0.15, 0.2) is 48.8 Å². The quantitative estimate of drug-likeness (QED) is 0.374. The van der Waals surface area contributed by atoms with Gasteiger partial charge in [-0.2, -0.15) is 10.2 Å². The molecule has 0 bridgehead atoms. The lowest BCUT2D eigenvalue weighted by atomic mass is 10.0. The van der Waals surface area contributed by atoms with Gasteiger partial charge in [-0.15, -0.1) is 0 Å². The third kappa shape index (κ3) is 6.89. The smallest absolute Gasteiger partial charge is 0.296 e. The van der Waals surface area contributed by atoms with Gasteiger partial charge in [0.15, 0.2) is 11.9 Å². The van der Waals surface area contributed by atoms with Crippen LogP contribution in [-0.2, 0) is 4.74 Å². The summed E-state index contributed by atoms with van der Waals surface area (Å²) in [5.74, 6) is -2.39. The van der Waals surface area contributed by atoms with E-state index >= 15 is 0 Å². The molecule has 0 saturated carbocycles. The summed E-state index contributed by atoms with van der Waals surface area (Å²) in [7, 11) is 0. The average molecular weight is 607 g/mol. The van der Waals surface area contributed by atoms with Gasteiger partial charge in [0.2, 0.25) is 5.95 Å². The minimum Gasteiger partial charge on any atom is -0.483 e. The highest BCUT2D eigenvalue weighted by atomic mass is 19.3. The molecule has 2 atom stereocenters. The zero-order valence-corrected chi connectivity index (χ0v) is 24.6. The first-order valence-corrected chi connectivity index (χ1v) is 14.9. The molecule has 3 aromatic rings. The highest BCUT2D eigenvalue weighted by Crippen LogP contribution is 2.34. The molecule has 4 heterocycles. The van der Waals surface area contributed by atoms with Crippen molar-refractivity contribution in [1.29, 1.82) is 5.26 Å². The van der Waals surface area contributed by atoms with Gasteiger partial charge >= 0.3 is 0 Å². The van der Waals surface area contributed by atoms with Crippen molar-refractivity contribution in [3.05, 3.63) is 54.4 Å². The first-order valence-electron chi connectivity index (χ1n) is 14.9. The van der Waals surface area contributed by atoms with Crippen molar-refractivity contribution in [2.45, 2.75) is 37.5 Å². The molecular weight excluding hydrogens is 570 g/mol. The maximum atomic E-state index is 14.9. The number of piperidine rings is 1. The van der Waals surface area contributed by atoms with E-state index in [2.05, 4.69) is 42.2 Å². The van der Waals surface area contributed by atoms with Crippen LogP contribution in [0, 0.1) is 11.3 Å². The maximum Gasteiger partial charge on any atom is 0.296 e. The lowest BCUT2D eigenvalue weighted by molar-refractivity contribution is -0.142. The molecular formula is C31H36F2N8O3. The van der Waals surface area contributed by atoms with Gasteiger partial charge in [0.05, 0.1) is 37.5 Å². The van der Waals surface area contributed by atoms with Gasteiger partial charge in [0, 0.05) is 62.6 Å². The summed E-state index contributed by atoms with van der Waals surface area (Å²) in [6.07, 6.45) is -0.624. The number of halogens is 2. The number of hydrogen-bond donors (Lipinski definition) is 2. The molecule has 6 rings (SSSR count). The molecule has 0 amide bonds. The molecule has 3 saturated heterocycles. The van der Waals surface area contributed by atoms with E-state index in [1.807, 2.05) is 18.2 Å². The van der Waals surface area contributed by atoms with Crippen molar-refractivity contribution in [2.24, 2.45) is 0 Å². The summed E-state index contributed by atoms with van der Waals surface area (Å²) in [5, 5.41) is 22.5. The topological polar surface area (TPSA) is 123 Å². The standard InChI is InChI=1S/C31H36F2N8O3/c1-21(42)16-39-9-8-28(31(32,33)19-39)44-27-7-2-22(14-23(27)15-34)29-35-20-36-30(38-29)37-24-3-5-25(6-4-24)40-10-12-41(13-11-40)26-17-43-18-26/h2-7,14,20-21,26,28,42H,8-13,16-19H2,1H3,(H,35,36,37,38)/t21-,28+/m1/s1. The molecule has 3 aliphatic heterocycles. The second kappa shape index (κ2) is 13.0. The summed E-state index contributed by atoms with van der Waals surface area (Å²) in [6.45, 7) is 7.27. The predicted molar refractivity (Wildman–Crippen MR) is 160 cm³/mol. The molecule has 0 spiro atoms. The van der Waals surface area contributed by atoms with Crippen LogP contribution in [0.4, 0.5) is 26.1 Å². The number of nitrogens with zero attached hydrogens (tertiary/aromatic N) is 7. The molecule has 0 aliphatic carbocycles. The van der Waals surface area contributed by atoms with E-state index in [0.717, 1.165) is 50.8 Å². The summed E-state index contributed by atoms with van der Waals surface area (Å²) in [6, 6.07) is 15.4. The number of aliphatic hydroxyl groups is 1. The molecule has 1 aromatic heterocycles. The van der Waals surface area contributed by atoms with Crippen LogP contribution in [0.5, 0.6) is 5.75 Å². The Bertz CT molecular complexity index is 1470. The van der Waals surface area contributed by atoms with Gasteiger partial charge in [0.1, 0.15) is 18.1 Å². The number of nitriles is 1. The number of likely N-dealkylation sites (tertiary alicyclic amines) is 1. The number of hydrogen-bond acceptors (Lipinski definition) is 11. The zero-order chi connectivity index (χ0) is 30.7. The van der Waals surface area contributed by atoms with Crippen molar-refractivity contribution < 1.29 is 23.4 Å². The van der Waals surface area contributed by atoms with E-state index in [9.17, 15) is 19.1 Å². The zero-order valence-electron chi connectivity index (χ0n) is 24.6. The number of nitrogens with one attached hydrogen (secondary N) is 1. The molecule has 11 nitrogen and oxygen atoms in total. The second-order valence-corrected chi connectivity index (χ2v) is 11.6.